The Labute approximate surface area is 235 Å². The third kappa shape index (κ3) is 3.93. The van der Waals surface area contributed by atoms with Crippen molar-refractivity contribution in [1.29, 1.82) is 0 Å². The van der Waals surface area contributed by atoms with Crippen LogP contribution < -0.4 is 10.0 Å². The number of sulfonamides is 1. The lowest BCUT2D eigenvalue weighted by molar-refractivity contribution is 0.425. The first-order chi connectivity index (χ1) is 19.3. The molecule has 2 N–H and O–H groups in total. The topological polar surface area (TPSA) is 63.1 Å². The Bertz CT molecular complexity index is 1940. The molecule has 0 fully saturated rings. The molecular weight excluding hydrogens is 514 g/mol. The summed E-state index contributed by atoms with van der Waals surface area (Å²) in [6, 6.07) is 26.8. The van der Waals surface area contributed by atoms with Crippen LogP contribution in [-0.2, 0) is 16.6 Å². The molecule has 0 amide bonds. The molecule has 202 valence electrons. The summed E-state index contributed by atoms with van der Waals surface area (Å²) in [7, 11) is -3.72. The number of rotatable bonds is 5. The van der Waals surface area contributed by atoms with E-state index in [2.05, 4.69) is 76.1 Å². The van der Waals surface area contributed by atoms with Gasteiger partial charge >= 0.3 is 0 Å². The van der Waals surface area contributed by atoms with Crippen LogP contribution in [0.15, 0.2) is 95.9 Å². The molecule has 1 aliphatic carbocycles. The van der Waals surface area contributed by atoms with Crippen molar-refractivity contribution >= 4 is 43.2 Å². The van der Waals surface area contributed by atoms with E-state index in [1.807, 2.05) is 44.2 Å². The molecule has 7 rings (SSSR count). The Kier molecular flexibility index (Phi) is 5.79. The van der Waals surface area contributed by atoms with Gasteiger partial charge in [0.05, 0.1) is 10.9 Å². The lowest BCUT2D eigenvalue weighted by Crippen LogP contribution is -2.29. The number of aromatic nitrogens is 1. The Morgan fingerprint density at radius 2 is 1.73 bits per heavy atom. The maximum Gasteiger partial charge on any atom is 0.261 e. The molecule has 6 heteroatoms. The van der Waals surface area contributed by atoms with E-state index >= 15 is 0 Å². The summed E-state index contributed by atoms with van der Waals surface area (Å²) in [4.78, 5) is 0.289. The Morgan fingerprint density at radius 3 is 2.55 bits per heavy atom. The third-order valence-electron chi connectivity index (χ3n) is 8.88. The number of anilines is 2. The number of hydrogen-bond acceptors (Lipinski definition) is 3. The zero-order chi connectivity index (χ0) is 27.6. The van der Waals surface area contributed by atoms with Crippen molar-refractivity contribution in [3.63, 3.8) is 0 Å². The van der Waals surface area contributed by atoms with E-state index < -0.39 is 10.0 Å². The van der Waals surface area contributed by atoms with Crippen LogP contribution in [0.2, 0.25) is 0 Å². The van der Waals surface area contributed by atoms with Crippen molar-refractivity contribution in [3.8, 4) is 0 Å². The van der Waals surface area contributed by atoms with Crippen LogP contribution in [0.25, 0.3) is 21.8 Å². The molecule has 3 unspecified atom stereocenters. The highest BCUT2D eigenvalue weighted by Crippen LogP contribution is 2.50. The van der Waals surface area contributed by atoms with Gasteiger partial charge in [0.15, 0.2) is 0 Å². The highest BCUT2D eigenvalue weighted by atomic mass is 32.2. The van der Waals surface area contributed by atoms with Crippen molar-refractivity contribution in [3.05, 3.63) is 113 Å². The van der Waals surface area contributed by atoms with Gasteiger partial charge in [-0.1, -0.05) is 42.5 Å². The van der Waals surface area contributed by atoms with Crippen molar-refractivity contribution in [2.75, 3.05) is 10.0 Å². The normalized spacial score (nSPS) is 19.9. The van der Waals surface area contributed by atoms with Crippen molar-refractivity contribution in [1.82, 2.24) is 4.57 Å². The number of hydrogen-bond donors (Lipinski definition) is 2. The Hall–Kier alpha value is -4.03. The summed E-state index contributed by atoms with van der Waals surface area (Å²) in [5.41, 5.74) is 8.60. The van der Waals surface area contributed by atoms with Gasteiger partial charge in [-0.2, -0.15) is 0 Å². The summed E-state index contributed by atoms with van der Waals surface area (Å²) in [5.74, 6) is 0.473. The van der Waals surface area contributed by atoms with E-state index in [1.54, 1.807) is 6.07 Å². The molecule has 5 nitrogen and oxygen atoms in total. The van der Waals surface area contributed by atoms with Crippen LogP contribution in [0.1, 0.15) is 47.6 Å². The number of nitrogens with zero attached hydrogens (tertiary/aromatic N) is 1. The molecule has 2 heterocycles. The molecule has 0 saturated heterocycles. The number of fused-ring (bicyclic) bond motifs is 6. The number of benzene rings is 4. The fourth-order valence-corrected chi connectivity index (χ4v) is 7.78. The van der Waals surface area contributed by atoms with Crippen LogP contribution >= 0.6 is 0 Å². The number of allylic oxidation sites excluding steroid dienone is 2. The highest BCUT2D eigenvalue weighted by molar-refractivity contribution is 7.92. The molecule has 3 atom stereocenters. The van der Waals surface area contributed by atoms with Crippen LogP contribution in [-0.4, -0.2) is 13.0 Å². The number of aryl methyl sites for hydroxylation is 3. The lowest BCUT2D eigenvalue weighted by atomic mass is 9.77. The molecule has 1 aromatic heterocycles. The van der Waals surface area contributed by atoms with Gasteiger partial charge in [0.1, 0.15) is 0 Å². The third-order valence-corrected chi connectivity index (χ3v) is 10.3. The lowest BCUT2D eigenvalue weighted by Gasteiger charge is -2.37. The maximum absolute atomic E-state index is 13.4. The quantitative estimate of drug-likeness (QED) is 0.219. The second kappa shape index (κ2) is 9.27. The fourth-order valence-electron chi connectivity index (χ4n) is 6.69. The predicted molar refractivity (Wildman–Crippen MR) is 165 cm³/mol. The van der Waals surface area contributed by atoms with Gasteiger partial charge < -0.3 is 9.88 Å². The van der Waals surface area contributed by atoms with E-state index in [0.717, 1.165) is 35.3 Å². The predicted octanol–water partition coefficient (Wildman–Crippen LogP) is 8.06. The van der Waals surface area contributed by atoms with Gasteiger partial charge in [0.25, 0.3) is 10.0 Å². The average molecular weight is 548 g/mol. The van der Waals surface area contributed by atoms with Gasteiger partial charge in [-0.05, 0) is 104 Å². The first-order valence-corrected chi connectivity index (χ1v) is 15.5. The van der Waals surface area contributed by atoms with E-state index in [4.69, 9.17) is 0 Å². The van der Waals surface area contributed by atoms with Crippen LogP contribution in [0, 0.1) is 19.8 Å². The minimum absolute atomic E-state index is 0.136. The Morgan fingerprint density at radius 1 is 0.900 bits per heavy atom. The zero-order valence-electron chi connectivity index (χ0n) is 23.0. The molecule has 1 aliphatic heterocycles. The highest BCUT2D eigenvalue weighted by Gasteiger charge is 2.38. The van der Waals surface area contributed by atoms with E-state index in [9.17, 15) is 8.42 Å². The summed E-state index contributed by atoms with van der Waals surface area (Å²) < 4.78 is 31.9. The molecular formula is C34H33N3O2S. The average Bonchev–Trinajstić information content (AvgIpc) is 3.57. The van der Waals surface area contributed by atoms with Gasteiger partial charge in [-0.15, -0.1) is 0 Å². The van der Waals surface area contributed by atoms with E-state index in [0.29, 0.717) is 11.6 Å². The van der Waals surface area contributed by atoms with Crippen molar-refractivity contribution in [2.24, 2.45) is 5.92 Å². The van der Waals surface area contributed by atoms with Crippen LogP contribution in [0.3, 0.4) is 0 Å². The summed E-state index contributed by atoms with van der Waals surface area (Å²) in [6.07, 6.45) is 5.45. The molecule has 0 spiro atoms. The molecule has 0 bridgehead atoms. The van der Waals surface area contributed by atoms with Gasteiger partial charge in [0.2, 0.25) is 0 Å². The smallest absolute Gasteiger partial charge is 0.261 e. The summed E-state index contributed by atoms with van der Waals surface area (Å²) >= 11 is 0. The van der Waals surface area contributed by atoms with Crippen molar-refractivity contribution < 1.29 is 8.42 Å². The summed E-state index contributed by atoms with van der Waals surface area (Å²) in [6.45, 7) is 7.13. The molecule has 5 aromatic rings. The summed E-state index contributed by atoms with van der Waals surface area (Å²) in [5, 5.41) is 6.36. The van der Waals surface area contributed by atoms with E-state index in [1.165, 1.54) is 27.4 Å². The SMILES string of the molecule is CCn1c2ccccc2c2cc(C3Nc4ccc(S(=O)(=O)Nc5ccc(C)c(C)c5)cc4C4C=CCC43)ccc21. The zero-order valence-corrected chi connectivity index (χ0v) is 23.8. The molecule has 0 saturated carbocycles. The van der Waals surface area contributed by atoms with Crippen LogP contribution in [0.5, 0.6) is 0 Å². The number of para-hydroxylation sites is 1. The second-order valence-corrected chi connectivity index (χ2v) is 12.8. The molecule has 0 radical (unpaired) electrons. The fraction of sp³-hybridized carbons (Fsp3) is 0.235. The first-order valence-electron chi connectivity index (χ1n) is 14.0. The van der Waals surface area contributed by atoms with Gasteiger partial charge in [-0.3, -0.25) is 4.72 Å². The van der Waals surface area contributed by atoms with Crippen molar-refractivity contribution in [2.45, 2.75) is 50.6 Å². The molecule has 4 aromatic carbocycles. The second-order valence-electron chi connectivity index (χ2n) is 11.2. The first kappa shape index (κ1) is 25.0. The molecule has 40 heavy (non-hydrogen) atoms. The van der Waals surface area contributed by atoms with Gasteiger partial charge in [0, 0.05) is 45.6 Å². The minimum Gasteiger partial charge on any atom is -0.378 e. The van der Waals surface area contributed by atoms with Gasteiger partial charge in [-0.25, -0.2) is 8.42 Å². The minimum atomic E-state index is -3.72. The molecule has 2 aliphatic rings. The van der Waals surface area contributed by atoms with E-state index in [-0.39, 0.29) is 16.9 Å². The largest absolute Gasteiger partial charge is 0.378 e. The monoisotopic (exact) mass is 547 g/mol. The van der Waals surface area contributed by atoms with Crippen LogP contribution in [0.4, 0.5) is 11.4 Å². The maximum atomic E-state index is 13.4. The Balaban J connectivity index is 1.25. The standard InChI is InChI=1S/C34H33N3O2S/c1-4-37-32-11-6-5-8-27(32)30-19-23(13-17-33(30)37)34-28-10-7-9-26(28)29-20-25(15-16-31(29)35-34)40(38,39)36-24-14-12-21(2)22(3)18-24/h5-9,11-20,26,28,34-36H,4,10H2,1-3H3. The number of nitrogens with one attached hydrogen (secondary N) is 2.